The second-order valence-electron chi connectivity index (χ2n) is 6.31. The Labute approximate surface area is 130 Å². The van der Waals surface area contributed by atoms with Crippen molar-refractivity contribution < 1.29 is 24.2 Å². The molecule has 0 spiro atoms. The van der Waals surface area contributed by atoms with Crippen LogP contribution in [0.25, 0.3) is 0 Å². The first-order chi connectivity index (χ1) is 10.1. The van der Waals surface area contributed by atoms with Gasteiger partial charge in [-0.15, -0.1) is 0 Å². The number of hydrogen-bond donors (Lipinski definition) is 2. The van der Waals surface area contributed by atoms with E-state index in [-0.39, 0.29) is 30.3 Å². The first-order valence-electron chi connectivity index (χ1n) is 7.30. The first-order valence-corrected chi connectivity index (χ1v) is 7.30. The highest BCUT2D eigenvalue weighted by molar-refractivity contribution is 5.87. The standard InChI is InChI=1S/C15H24N2O5/c1-10(13(19)20)7-8-12(18)17-9-5-6-11(16-17)14(21)22-15(2,3)4/h11,16H,1,5-9H2,2-4H3,(H,19,20)/t11-/m0/s1. The third kappa shape index (κ3) is 5.85. The fourth-order valence-corrected chi connectivity index (χ4v) is 2.01. The van der Waals surface area contributed by atoms with Crippen molar-refractivity contribution in [2.45, 2.75) is 58.1 Å². The van der Waals surface area contributed by atoms with Crippen molar-refractivity contribution in [1.29, 1.82) is 0 Å². The molecule has 1 fully saturated rings. The molecule has 0 bridgehead atoms. The molecule has 124 valence electrons. The second-order valence-corrected chi connectivity index (χ2v) is 6.31. The summed E-state index contributed by atoms with van der Waals surface area (Å²) >= 11 is 0. The monoisotopic (exact) mass is 312 g/mol. The molecule has 22 heavy (non-hydrogen) atoms. The molecule has 1 aliphatic heterocycles. The summed E-state index contributed by atoms with van der Waals surface area (Å²) in [4.78, 5) is 34.7. The lowest BCUT2D eigenvalue weighted by atomic mass is 10.1. The molecule has 2 N–H and O–H groups in total. The van der Waals surface area contributed by atoms with E-state index in [0.717, 1.165) is 0 Å². The summed E-state index contributed by atoms with van der Waals surface area (Å²) in [5, 5.41) is 10.1. The Bertz CT molecular complexity index is 467. The van der Waals surface area contributed by atoms with Gasteiger partial charge in [0.25, 0.3) is 0 Å². The summed E-state index contributed by atoms with van der Waals surface area (Å²) in [7, 11) is 0. The average Bonchev–Trinajstić information content (AvgIpc) is 2.42. The van der Waals surface area contributed by atoms with Crippen LogP contribution in [0.2, 0.25) is 0 Å². The summed E-state index contributed by atoms with van der Waals surface area (Å²) < 4.78 is 5.30. The Morgan fingerprint density at radius 1 is 1.32 bits per heavy atom. The summed E-state index contributed by atoms with van der Waals surface area (Å²) in [5.74, 6) is -1.75. The number of ether oxygens (including phenoxy) is 1. The number of hydrazine groups is 1. The first kappa shape index (κ1) is 18.2. The highest BCUT2D eigenvalue weighted by atomic mass is 16.6. The molecule has 0 aliphatic carbocycles. The third-order valence-electron chi connectivity index (χ3n) is 3.12. The summed E-state index contributed by atoms with van der Waals surface area (Å²) in [5.41, 5.74) is 2.28. The summed E-state index contributed by atoms with van der Waals surface area (Å²) in [6, 6.07) is -0.556. The topological polar surface area (TPSA) is 95.9 Å². The number of carboxylic acid groups (broad SMARTS) is 1. The van der Waals surface area contributed by atoms with Gasteiger partial charge in [-0.25, -0.2) is 10.2 Å². The van der Waals surface area contributed by atoms with Crippen LogP contribution in [0.1, 0.15) is 46.5 Å². The molecule has 1 heterocycles. The molecule has 0 radical (unpaired) electrons. The van der Waals surface area contributed by atoms with E-state index in [1.807, 2.05) is 0 Å². The van der Waals surface area contributed by atoms with Gasteiger partial charge in [-0.2, -0.15) is 0 Å². The van der Waals surface area contributed by atoms with Gasteiger partial charge in [-0.1, -0.05) is 6.58 Å². The van der Waals surface area contributed by atoms with E-state index < -0.39 is 17.6 Å². The maximum atomic E-state index is 12.1. The van der Waals surface area contributed by atoms with Crippen LogP contribution in [0.15, 0.2) is 12.2 Å². The molecule has 1 atom stereocenters. The Balaban J connectivity index is 2.52. The number of rotatable bonds is 5. The van der Waals surface area contributed by atoms with Gasteiger partial charge in [-0.05, 0) is 40.0 Å². The quantitative estimate of drug-likeness (QED) is 0.586. The highest BCUT2D eigenvalue weighted by Gasteiger charge is 2.31. The van der Waals surface area contributed by atoms with Crippen LogP contribution in [0.5, 0.6) is 0 Å². The molecule has 1 aliphatic rings. The van der Waals surface area contributed by atoms with Crippen molar-refractivity contribution in [3.05, 3.63) is 12.2 Å². The number of aliphatic carboxylic acids is 1. The van der Waals surface area contributed by atoms with Crippen LogP contribution in [-0.4, -0.2) is 46.1 Å². The molecule has 1 rings (SSSR count). The molecule has 0 aromatic rings. The SMILES string of the molecule is C=C(CCC(=O)N1CCC[C@@H](C(=O)OC(C)(C)C)N1)C(=O)O. The van der Waals surface area contributed by atoms with Crippen molar-refractivity contribution >= 4 is 17.8 Å². The Morgan fingerprint density at radius 3 is 2.50 bits per heavy atom. The number of carbonyl (C=O) groups is 3. The van der Waals surface area contributed by atoms with Gasteiger partial charge in [0.05, 0.1) is 0 Å². The minimum atomic E-state index is -1.11. The minimum Gasteiger partial charge on any atom is -0.478 e. The van der Waals surface area contributed by atoms with Gasteiger partial charge in [0.15, 0.2) is 0 Å². The number of nitrogens with zero attached hydrogens (tertiary/aromatic N) is 1. The fraction of sp³-hybridized carbons (Fsp3) is 0.667. The average molecular weight is 312 g/mol. The van der Waals surface area contributed by atoms with E-state index in [1.165, 1.54) is 5.01 Å². The molecule has 0 aromatic heterocycles. The van der Waals surface area contributed by atoms with Crippen LogP contribution in [0.4, 0.5) is 0 Å². The number of amides is 1. The number of carboxylic acids is 1. The van der Waals surface area contributed by atoms with Gasteiger partial charge in [-0.3, -0.25) is 14.6 Å². The number of hydrogen-bond acceptors (Lipinski definition) is 5. The molecule has 0 unspecified atom stereocenters. The molecule has 1 saturated heterocycles. The largest absolute Gasteiger partial charge is 0.478 e. The van der Waals surface area contributed by atoms with Crippen molar-refractivity contribution in [2.75, 3.05) is 6.54 Å². The molecule has 7 nitrogen and oxygen atoms in total. The highest BCUT2D eigenvalue weighted by Crippen LogP contribution is 2.15. The zero-order valence-corrected chi connectivity index (χ0v) is 13.3. The van der Waals surface area contributed by atoms with Gasteiger partial charge < -0.3 is 9.84 Å². The fourth-order valence-electron chi connectivity index (χ4n) is 2.01. The van der Waals surface area contributed by atoms with Gasteiger partial charge in [0.1, 0.15) is 11.6 Å². The van der Waals surface area contributed by atoms with Crippen LogP contribution in [-0.2, 0) is 19.1 Å². The maximum absolute atomic E-state index is 12.1. The van der Waals surface area contributed by atoms with Crippen molar-refractivity contribution in [3.63, 3.8) is 0 Å². The third-order valence-corrected chi connectivity index (χ3v) is 3.12. The predicted octanol–water partition coefficient (Wildman–Crippen LogP) is 1.24. The zero-order chi connectivity index (χ0) is 16.9. The van der Waals surface area contributed by atoms with Crippen molar-refractivity contribution in [3.8, 4) is 0 Å². The van der Waals surface area contributed by atoms with E-state index in [4.69, 9.17) is 9.84 Å². The van der Waals surface area contributed by atoms with E-state index in [1.54, 1.807) is 20.8 Å². The van der Waals surface area contributed by atoms with Crippen molar-refractivity contribution in [1.82, 2.24) is 10.4 Å². The smallest absolute Gasteiger partial charge is 0.330 e. The molecule has 1 amide bonds. The summed E-state index contributed by atoms with van der Waals surface area (Å²) in [6.45, 7) is 9.23. The van der Waals surface area contributed by atoms with E-state index >= 15 is 0 Å². The van der Waals surface area contributed by atoms with Crippen LogP contribution >= 0.6 is 0 Å². The molecular weight excluding hydrogens is 288 g/mol. The Kier molecular flexibility index (Phi) is 6.11. The maximum Gasteiger partial charge on any atom is 0.330 e. The molecule has 0 aromatic carbocycles. The predicted molar refractivity (Wildman–Crippen MR) is 79.7 cm³/mol. The van der Waals surface area contributed by atoms with Crippen molar-refractivity contribution in [2.24, 2.45) is 0 Å². The van der Waals surface area contributed by atoms with Gasteiger partial charge in [0.2, 0.25) is 5.91 Å². The molecular formula is C15H24N2O5. The van der Waals surface area contributed by atoms with E-state index in [9.17, 15) is 14.4 Å². The van der Waals surface area contributed by atoms with Crippen LogP contribution < -0.4 is 5.43 Å². The van der Waals surface area contributed by atoms with Crippen LogP contribution in [0.3, 0.4) is 0 Å². The minimum absolute atomic E-state index is 0.00551. The number of carbonyl (C=O) groups excluding carboxylic acids is 2. The summed E-state index contributed by atoms with van der Waals surface area (Å²) in [6.07, 6.45) is 1.41. The molecule has 0 saturated carbocycles. The van der Waals surface area contributed by atoms with Gasteiger partial charge in [0, 0.05) is 18.5 Å². The lowest BCUT2D eigenvalue weighted by Gasteiger charge is -2.34. The Hall–Kier alpha value is -1.89. The van der Waals surface area contributed by atoms with E-state index in [2.05, 4.69) is 12.0 Å². The van der Waals surface area contributed by atoms with E-state index in [0.29, 0.717) is 19.4 Å². The number of nitrogens with one attached hydrogen (secondary N) is 1. The normalized spacial score (nSPS) is 18.7. The zero-order valence-electron chi connectivity index (χ0n) is 13.3. The lowest BCUT2D eigenvalue weighted by molar-refractivity contribution is -0.161. The Morgan fingerprint density at radius 2 is 1.95 bits per heavy atom. The molecule has 7 heteroatoms. The number of esters is 1. The second kappa shape index (κ2) is 7.40. The lowest BCUT2D eigenvalue weighted by Crippen LogP contribution is -2.56. The van der Waals surface area contributed by atoms with Crippen LogP contribution in [0, 0.1) is 0 Å². The van der Waals surface area contributed by atoms with Gasteiger partial charge >= 0.3 is 11.9 Å².